The highest BCUT2D eigenvalue weighted by Gasteiger charge is 2.40. The van der Waals surface area contributed by atoms with Gasteiger partial charge in [-0.05, 0) is 58.6 Å². The van der Waals surface area contributed by atoms with Crippen LogP contribution in [0.1, 0.15) is 88.6 Å². The molecule has 2 heterocycles. The summed E-state index contributed by atoms with van der Waals surface area (Å²) in [6.45, 7) is 11.6. The van der Waals surface area contributed by atoms with Gasteiger partial charge in [-0.2, -0.15) is 0 Å². The van der Waals surface area contributed by atoms with Gasteiger partial charge >= 0.3 is 6.09 Å². The zero-order valence-electron chi connectivity index (χ0n) is 27.7. The second-order valence-electron chi connectivity index (χ2n) is 12.4. The van der Waals surface area contributed by atoms with Gasteiger partial charge < -0.3 is 34.1 Å². The van der Waals surface area contributed by atoms with E-state index in [1.54, 1.807) is 23.1 Å². The number of hydrogen-bond donors (Lipinski definition) is 2. The Labute approximate surface area is 271 Å². The van der Waals surface area contributed by atoms with Crippen molar-refractivity contribution in [1.29, 1.82) is 0 Å². The van der Waals surface area contributed by atoms with Crippen LogP contribution in [0.3, 0.4) is 0 Å². The van der Waals surface area contributed by atoms with Crippen LogP contribution in [0.15, 0.2) is 18.2 Å². The van der Waals surface area contributed by atoms with E-state index in [-0.39, 0.29) is 43.5 Å². The fourth-order valence-electron chi connectivity index (χ4n) is 5.16. The Morgan fingerprint density at radius 1 is 0.957 bits per heavy atom. The lowest BCUT2D eigenvalue weighted by Gasteiger charge is -2.29. The van der Waals surface area contributed by atoms with E-state index >= 15 is 0 Å². The average molecular weight is 647 g/mol. The van der Waals surface area contributed by atoms with Crippen molar-refractivity contribution in [2.75, 3.05) is 58.0 Å². The first kappa shape index (κ1) is 36.9. The first-order chi connectivity index (χ1) is 22.0. The molecule has 2 aliphatic heterocycles. The van der Waals surface area contributed by atoms with Crippen molar-refractivity contribution < 1.29 is 42.9 Å². The van der Waals surface area contributed by atoms with Gasteiger partial charge in [-0.3, -0.25) is 24.5 Å². The molecule has 13 heteroatoms. The monoisotopic (exact) mass is 646 g/mol. The Balaban J connectivity index is 1.40. The molecule has 1 unspecified atom stereocenters. The number of nitrogens with one attached hydrogen (secondary N) is 2. The van der Waals surface area contributed by atoms with Gasteiger partial charge in [0.25, 0.3) is 5.91 Å². The number of imide groups is 1. The van der Waals surface area contributed by atoms with Crippen molar-refractivity contribution in [3.63, 3.8) is 0 Å². The topological polar surface area (TPSA) is 153 Å². The predicted octanol–water partition coefficient (Wildman–Crippen LogP) is 3.64. The maximum absolute atomic E-state index is 13.0. The number of anilines is 1. The third kappa shape index (κ3) is 12.0. The molecular weight excluding hydrogens is 596 g/mol. The molecule has 1 aromatic rings. The fourth-order valence-corrected chi connectivity index (χ4v) is 5.16. The summed E-state index contributed by atoms with van der Waals surface area (Å²) in [5.41, 5.74) is 1.02. The summed E-state index contributed by atoms with van der Waals surface area (Å²) in [4.78, 5) is 65.6. The van der Waals surface area contributed by atoms with Crippen molar-refractivity contribution in [2.24, 2.45) is 0 Å². The third-order valence-electron chi connectivity index (χ3n) is 7.44. The molecule has 1 saturated heterocycles. The van der Waals surface area contributed by atoms with E-state index in [9.17, 15) is 24.0 Å². The van der Waals surface area contributed by atoms with Crippen molar-refractivity contribution in [2.45, 2.75) is 90.8 Å². The number of ether oxygens (including phenoxy) is 4. The second-order valence-corrected chi connectivity index (χ2v) is 12.4. The summed E-state index contributed by atoms with van der Waals surface area (Å²) < 4.78 is 22.1. The molecule has 0 radical (unpaired) electrons. The van der Waals surface area contributed by atoms with Gasteiger partial charge in [-0.25, -0.2) is 4.79 Å². The third-order valence-corrected chi connectivity index (χ3v) is 7.44. The minimum absolute atomic E-state index is 0.175. The van der Waals surface area contributed by atoms with Crippen molar-refractivity contribution in [3.05, 3.63) is 29.3 Å². The van der Waals surface area contributed by atoms with Gasteiger partial charge in [-0.15, -0.1) is 0 Å². The number of unbranched alkanes of at least 4 members (excludes halogenated alkanes) is 2. The van der Waals surface area contributed by atoms with E-state index in [1.807, 2.05) is 20.8 Å². The number of nitrogens with zero attached hydrogens (tertiary/aromatic N) is 2. The van der Waals surface area contributed by atoms with Crippen LogP contribution in [0, 0.1) is 0 Å². The summed E-state index contributed by atoms with van der Waals surface area (Å²) in [6.07, 6.45) is 3.30. The van der Waals surface area contributed by atoms with E-state index in [0.717, 1.165) is 19.4 Å². The fraction of sp³-hybridized carbons (Fsp3) is 0.667. The van der Waals surface area contributed by atoms with E-state index < -0.39 is 23.6 Å². The molecule has 13 nitrogen and oxygen atoms in total. The van der Waals surface area contributed by atoms with E-state index in [2.05, 4.69) is 17.6 Å². The van der Waals surface area contributed by atoms with Crippen LogP contribution in [0.2, 0.25) is 0 Å². The first-order valence-corrected chi connectivity index (χ1v) is 16.3. The van der Waals surface area contributed by atoms with E-state index in [4.69, 9.17) is 18.9 Å². The number of fused-ring (bicyclic) bond motifs is 1. The summed E-state index contributed by atoms with van der Waals surface area (Å²) in [7, 11) is 0. The molecular formula is C33H50N4O9. The van der Waals surface area contributed by atoms with Gasteiger partial charge in [-0.1, -0.05) is 19.4 Å². The Hall–Kier alpha value is -3.55. The minimum Gasteiger partial charge on any atom is -0.444 e. The van der Waals surface area contributed by atoms with Crippen LogP contribution in [0.25, 0.3) is 0 Å². The van der Waals surface area contributed by atoms with Gasteiger partial charge in [0.15, 0.2) is 0 Å². The van der Waals surface area contributed by atoms with Crippen LogP contribution in [-0.2, 0) is 39.9 Å². The zero-order valence-corrected chi connectivity index (χ0v) is 27.7. The van der Waals surface area contributed by atoms with Crippen LogP contribution >= 0.6 is 0 Å². The van der Waals surface area contributed by atoms with Crippen LogP contribution in [0.4, 0.5) is 10.5 Å². The van der Waals surface area contributed by atoms with E-state index in [0.29, 0.717) is 75.8 Å². The SMILES string of the molecule is CCCOCCOCCOCCN(CCCCCC(=O)Nc1cccc2c1CN(C1CCC(=O)NC1=O)C2=O)C(=O)OC(C)(C)C. The molecule has 0 spiro atoms. The molecule has 1 aromatic carbocycles. The molecule has 0 aromatic heterocycles. The zero-order chi connectivity index (χ0) is 33.5. The minimum atomic E-state index is -0.720. The quantitative estimate of drug-likeness (QED) is 0.169. The second kappa shape index (κ2) is 18.6. The molecule has 0 bridgehead atoms. The molecule has 0 saturated carbocycles. The Kier molecular flexibility index (Phi) is 14.9. The molecule has 1 atom stereocenters. The van der Waals surface area contributed by atoms with Crippen molar-refractivity contribution >= 4 is 35.4 Å². The standard InChI is InChI=1S/C33H50N4O9/c1-5-17-43-19-21-45-22-20-44-18-16-36(32(42)46-33(2,3)4)15-8-6-7-12-28(38)34-26-11-9-10-24-25(26)23-37(31(24)41)27-13-14-29(39)35-30(27)40/h9-11,27H,5-8,12-23H2,1-4H3,(H,34,38)(H,35,39,40). The van der Waals surface area contributed by atoms with Gasteiger partial charge in [0, 0.05) is 55.9 Å². The number of amides is 5. The highest BCUT2D eigenvalue weighted by Crippen LogP contribution is 2.32. The number of piperidine rings is 1. The maximum Gasteiger partial charge on any atom is 0.410 e. The summed E-state index contributed by atoms with van der Waals surface area (Å²) in [6, 6.07) is 4.40. The summed E-state index contributed by atoms with van der Waals surface area (Å²) >= 11 is 0. The normalized spacial score (nSPS) is 16.3. The lowest BCUT2D eigenvalue weighted by Crippen LogP contribution is -2.52. The molecule has 5 amide bonds. The van der Waals surface area contributed by atoms with Crippen LogP contribution in [-0.4, -0.2) is 104 Å². The number of carbonyl (C=O) groups is 5. The Bertz CT molecular complexity index is 1200. The predicted molar refractivity (Wildman–Crippen MR) is 170 cm³/mol. The molecule has 256 valence electrons. The number of carbonyl (C=O) groups excluding carboxylic acids is 5. The molecule has 2 N–H and O–H groups in total. The number of hydrogen-bond acceptors (Lipinski definition) is 9. The molecule has 2 aliphatic rings. The highest BCUT2D eigenvalue weighted by atomic mass is 16.6. The van der Waals surface area contributed by atoms with Crippen LogP contribution < -0.4 is 10.6 Å². The van der Waals surface area contributed by atoms with Crippen LogP contribution in [0.5, 0.6) is 0 Å². The maximum atomic E-state index is 13.0. The average Bonchev–Trinajstić information content (AvgIpc) is 3.32. The van der Waals surface area contributed by atoms with Gasteiger partial charge in [0.1, 0.15) is 11.6 Å². The molecule has 0 aliphatic carbocycles. The van der Waals surface area contributed by atoms with Gasteiger partial charge in [0.05, 0.1) is 33.0 Å². The number of benzene rings is 1. The largest absolute Gasteiger partial charge is 0.444 e. The molecule has 3 rings (SSSR count). The Morgan fingerprint density at radius 2 is 1.65 bits per heavy atom. The lowest BCUT2D eigenvalue weighted by molar-refractivity contribution is -0.137. The first-order valence-electron chi connectivity index (χ1n) is 16.3. The number of rotatable bonds is 19. The summed E-state index contributed by atoms with van der Waals surface area (Å²) in [5, 5.41) is 5.22. The lowest BCUT2D eigenvalue weighted by atomic mass is 10.0. The van der Waals surface area contributed by atoms with Gasteiger partial charge in [0.2, 0.25) is 17.7 Å². The van der Waals surface area contributed by atoms with E-state index in [1.165, 1.54) is 4.90 Å². The van der Waals surface area contributed by atoms with Crippen molar-refractivity contribution in [3.8, 4) is 0 Å². The highest BCUT2D eigenvalue weighted by molar-refractivity contribution is 6.06. The smallest absolute Gasteiger partial charge is 0.410 e. The summed E-state index contributed by atoms with van der Waals surface area (Å²) in [5.74, 6) is -1.29. The molecule has 46 heavy (non-hydrogen) atoms. The Morgan fingerprint density at radius 3 is 2.33 bits per heavy atom. The molecule has 1 fully saturated rings. The van der Waals surface area contributed by atoms with Crippen molar-refractivity contribution in [1.82, 2.24) is 15.1 Å².